The maximum atomic E-state index is 9.55. The van der Waals surface area contributed by atoms with Crippen LogP contribution >= 0.6 is 23.1 Å². The van der Waals surface area contributed by atoms with E-state index in [-0.39, 0.29) is 0 Å². The first-order valence-corrected chi connectivity index (χ1v) is 8.80. The number of carboxylic acids is 2. The number of rotatable bonds is 10. The number of hydrogen-bond acceptors (Lipinski definition) is 9. The van der Waals surface area contributed by atoms with Crippen molar-refractivity contribution in [1.82, 2.24) is 15.7 Å². The molecule has 0 saturated carbocycles. The number of nitrogens with zero attached hydrogens (tertiary/aromatic N) is 4. The van der Waals surface area contributed by atoms with Gasteiger partial charge in [-0.3, -0.25) is 10.3 Å². The van der Waals surface area contributed by atoms with Gasteiger partial charge in [0.25, 0.3) is 0 Å². The average molecular weight is 399 g/mol. The van der Waals surface area contributed by atoms with E-state index in [1.807, 2.05) is 5.38 Å². The molecule has 11 nitrogen and oxygen atoms in total. The van der Waals surface area contributed by atoms with Crippen molar-refractivity contribution >= 4 is 52.8 Å². The fourth-order valence-corrected chi connectivity index (χ4v) is 2.59. The third-order valence-corrected chi connectivity index (χ3v) is 3.76. The van der Waals surface area contributed by atoms with Gasteiger partial charge in [0, 0.05) is 35.6 Å². The Morgan fingerprint density at radius 1 is 1.38 bits per heavy atom. The summed E-state index contributed by atoms with van der Waals surface area (Å²) in [5, 5.41) is 28.8. The van der Waals surface area contributed by atoms with E-state index >= 15 is 0 Å². The molecule has 0 atom stereocenters. The Labute approximate surface area is 157 Å². The lowest BCUT2D eigenvalue weighted by Gasteiger charge is -1.95. The zero-order chi connectivity index (χ0) is 19.6. The van der Waals surface area contributed by atoms with E-state index < -0.39 is 11.9 Å². The second-order valence-corrected chi connectivity index (χ2v) is 5.84. The molecule has 140 valence electrons. The molecular weight excluding hydrogens is 382 g/mol. The van der Waals surface area contributed by atoms with Crippen molar-refractivity contribution in [3.05, 3.63) is 23.2 Å². The van der Waals surface area contributed by atoms with Crippen molar-refractivity contribution in [3.8, 4) is 6.19 Å². The van der Waals surface area contributed by atoms with Crippen molar-refractivity contribution in [2.45, 2.75) is 5.75 Å². The number of hydrogen-bond donors (Lipinski definition) is 5. The number of nitriles is 1. The SMILES string of the molecule is N#CNC=NCCSCc1csc(N=CNN)n1.O=C(O)/C=C\C(=O)O. The van der Waals surface area contributed by atoms with Crippen molar-refractivity contribution in [3.63, 3.8) is 0 Å². The monoisotopic (exact) mass is 399 g/mol. The standard InChI is InChI=1S/C9H13N7S2.C4H4O4/c10-5-13-6-12-1-2-17-3-8-4-18-9(16-8)14-7-15-11;5-3(6)1-2-4(7)8/h4,6-7H,1-3,11H2,(H,12,13)(H,14,15,16);1-2H,(H,5,6)(H,7,8)/b;2-1-. The quantitative estimate of drug-likeness (QED) is 0.0535. The van der Waals surface area contributed by atoms with Crippen LogP contribution in [0.1, 0.15) is 5.69 Å². The van der Waals surface area contributed by atoms with Crippen LogP contribution in [0.3, 0.4) is 0 Å². The highest BCUT2D eigenvalue weighted by atomic mass is 32.2. The highest BCUT2D eigenvalue weighted by Gasteiger charge is 2.00. The molecule has 0 bridgehead atoms. The third-order valence-electron chi connectivity index (χ3n) is 1.99. The Hall–Kier alpha value is -2.95. The number of hydrazine groups is 1. The normalized spacial score (nSPS) is 10.5. The minimum Gasteiger partial charge on any atom is -0.478 e. The molecule has 6 N–H and O–H groups in total. The van der Waals surface area contributed by atoms with Crippen LogP contribution in [0.5, 0.6) is 0 Å². The fraction of sp³-hybridized carbons (Fsp3) is 0.231. The number of aliphatic imine (C=N–C) groups is 2. The van der Waals surface area contributed by atoms with Crippen LogP contribution < -0.4 is 16.6 Å². The first-order valence-electron chi connectivity index (χ1n) is 6.77. The summed E-state index contributed by atoms with van der Waals surface area (Å²) < 4.78 is 0. The maximum absolute atomic E-state index is 9.55. The Morgan fingerprint density at radius 3 is 2.65 bits per heavy atom. The van der Waals surface area contributed by atoms with Gasteiger partial charge in [-0.25, -0.2) is 25.4 Å². The van der Waals surface area contributed by atoms with Crippen LogP contribution in [0.2, 0.25) is 0 Å². The van der Waals surface area contributed by atoms with Gasteiger partial charge in [-0.15, -0.1) is 11.3 Å². The number of thioether (sulfide) groups is 1. The van der Waals surface area contributed by atoms with Gasteiger partial charge >= 0.3 is 11.9 Å². The molecular formula is C13H17N7O4S2. The molecule has 1 aromatic heterocycles. The van der Waals surface area contributed by atoms with Gasteiger partial charge in [0.1, 0.15) is 6.34 Å². The van der Waals surface area contributed by atoms with Crippen LogP contribution in [0.25, 0.3) is 0 Å². The van der Waals surface area contributed by atoms with Gasteiger partial charge < -0.3 is 15.6 Å². The lowest BCUT2D eigenvalue weighted by atomic mass is 10.5. The number of carbonyl (C=O) groups is 2. The predicted octanol–water partition coefficient (Wildman–Crippen LogP) is 0.310. The molecule has 0 aromatic carbocycles. The summed E-state index contributed by atoms with van der Waals surface area (Å²) in [4.78, 5) is 31.4. The van der Waals surface area contributed by atoms with Crippen molar-refractivity contribution in [2.24, 2.45) is 15.8 Å². The first kappa shape index (κ1) is 23.1. The minimum atomic E-state index is -1.26. The Morgan fingerprint density at radius 2 is 2.08 bits per heavy atom. The Kier molecular flexibility index (Phi) is 13.8. The zero-order valence-electron chi connectivity index (χ0n) is 13.4. The Balaban J connectivity index is 0.000000660. The van der Waals surface area contributed by atoms with E-state index in [2.05, 4.69) is 25.7 Å². The van der Waals surface area contributed by atoms with Crippen molar-refractivity contribution < 1.29 is 19.8 Å². The summed E-state index contributed by atoms with van der Waals surface area (Å²) in [6.45, 7) is 0.672. The number of thiazole rings is 1. The first-order chi connectivity index (χ1) is 12.5. The number of nitrogens with one attached hydrogen (secondary N) is 2. The summed E-state index contributed by atoms with van der Waals surface area (Å²) in [7, 11) is 0. The molecule has 0 aliphatic rings. The molecule has 0 amide bonds. The molecule has 0 unspecified atom stereocenters. The molecule has 0 spiro atoms. The van der Waals surface area contributed by atoms with Gasteiger partial charge in [0.05, 0.1) is 12.0 Å². The zero-order valence-corrected chi connectivity index (χ0v) is 15.0. The Bertz CT molecular complexity index is 666. The fourth-order valence-electron chi connectivity index (χ4n) is 1.09. The summed E-state index contributed by atoms with van der Waals surface area (Å²) in [6.07, 6.45) is 5.67. The predicted molar refractivity (Wildman–Crippen MR) is 100 cm³/mol. The van der Waals surface area contributed by atoms with Gasteiger partial charge in [0.15, 0.2) is 6.19 Å². The van der Waals surface area contributed by atoms with Gasteiger partial charge in [0.2, 0.25) is 5.13 Å². The summed E-state index contributed by atoms with van der Waals surface area (Å²) >= 11 is 3.20. The smallest absolute Gasteiger partial charge is 0.328 e. The van der Waals surface area contributed by atoms with Crippen LogP contribution in [-0.2, 0) is 15.3 Å². The molecule has 0 saturated heterocycles. The molecule has 0 aliphatic heterocycles. The van der Waals surface area contributed by atoms with E-state index in [1.165, 1.54) is 24.0 Å². The van der Waals surface area contributed by atoms with E-state index in [9.17, 15) is 9.59 Å². The summed E-state index contributed by atoms with van der Waals surface area (Å²) in [5.41, 5.74) is 3.32. The van der Waals surface area contributed by atoms with E-state index in [4.69, 9.17) is 21.3 Å². The second-order valence-electron chi connectivity index (χ2n) is 3.90. The largest absolute Gasteiger partial charge is 0.478 e. The van der Waals surface area contributed by atoms with Gasteiger partial charge in [-0.1, -0.05) is 0 Å². The van der Waals surface area contributed by atoms with E-state index in [1.54, 1.807) is 18.0 Å². The maximum Gasteiger partial charge on any atom is 0.328 e. The lowest BCUT2D eigenvalue weighted by molar-refractivity contribution is -0.134. The molecule has 13 heteroatoms. The molecule has 1 rings (SSSR count). The molecule has 0 radical (unpaired) electrons. The van der Waals surface area contributed by atoms with Gasteiger partial charge in [-0.05, 0) is 0 Å². The highest BCUT2D eigenvalue weighted by Crippen LogP contribution is 2.21. The molecule has 0 aliphatic carbocycles. The number of nitrogens with two attached hydrogens (primary N) is 1. The van der Waals surface area contributed by atoms with Crippen molar-refractivity contribution in [1.29, 1.82) is 5.26 Å². The van der Waals surface area contributed by atoms with Crippen LogP contribution in [0.15, 0.2) is 27.5 Å². The van der Waals surface area contributed by atoms with Crippen LogP contribution in [-0.4, -0.2) is 52.1 Å². The van der Waals surface area contributed by atoms with E-state index in [0.29, 0.717) is 23.8 Å². The lowest BCUT2D eigenvalue weighted by Crippen LogP contribution is -2.18. The van der Waals surface area contributed by atoms with Crippen LogP contribution in [0, 0.1) is 11.5 Å². The van der Waals surface area contributed by atoms with E-state index in [0.717, 1.165) is 17.2 Å². The molecule has 1 aromatic rings. The second kappa shape index (κ2) is 15.6. The molecule has 0 fully saturated rings. The number of carboxylic acid groups (broad SMARTS) is 2. The topological polar surface area (TPSA) is 186 Å². The number of aliphatic carboxylic acids is 2. The summed E-state index contributed by atoms with van der Waals surface area (Å²) in [5.74, 6) is 4.25. The number of aromatic nitrogens is 1. The third kappa shape index (κ3) is 14.6. The van der Waals surface area contributed by atoms with Crippen LogP contribution in [0.4, 0.5) is 5.13 Å². The van der Waals surface area contributed by atoms with Crippen molar-refractivity contribution in [2.75, 3.05) is 12.3 Å². The minimum absolute atomic E-state index is 0.558. The molecule has 26 heavy (non-hydrogen) atoms. The van der Waals surface area contributed by atoms with Gasteiger partial charge in [-0.2, -0.15) is 17.0 Å². The average Bonchev–Trinajstić information content (AvgIpc) is 3.05. The highest BCUT2D eigenvalue weighted by molar-refractivity contribution is 7.98. The molecule has 1 heterocycles. The summed E-state index contributed by atoms with van der Waals surface area (Å²) in [6, 6.07) is 0.